The lowest BCUT2D eigenvalue weighted by Gasteiger charge is -2.26. The van der Waals surface area contributed by atoms with Gasteiger partial charge in [0, 0.05) is 6.54 Å². The van der Waals surface area contributed by atoms with Crippen molar-refractivity contribution in [2.75, 3.05) is 5.73 Å². The van der Waals surface area contributed by atoms with Gasteiger partial charge < -0.3 is 5.73 Å². The molecule has 1 heterocycles. The molecule has 0 spiro atoms. The summed E-state index contributed by atoms with van der Waals surface area (Å²) in [7, 11) is 0. The maximum Gasteiger partial charge on any atom is 0.165 e. The Kier molecular flexibility index (Phi) is 2.70. The molecule has 1 fully saturated rings. The highest BCUT2D eigenvalue weighted by molar-refractivity contribution is 5.19. The van der Waals surface area contributed by atoms with E-state index in [1.165, 1.54) is 25.7 Å². The number of rotatable bonds is 2. The molecule has 1 aromatic rings. The predicted octanol–water partition coefficient (Wildman–Crippen LogP) is 1.69. The minimum Gasteiger partial charge on any atom is -0.381 e. The van der Waals surface area contributed by atoms with Gasteiger partial charge in [-0.15, -0.1) is 5.10 Å². The van der Waals surface area contributed by atoms with Gasteiger partial charge in [-0.1, -0.05) is 25.0 Å². The summed E-state index contributed by atoms with van der Waals surface area (Å²) in [6.45, 7) is 3.32. The molecule has 0 aliphatic heterocycles. The zero-order valence-corrected chi connectivity index (χ0v) is 8.69. The van der Waals surface area contributed by atoms with E-state index >= 15 is 0 Å². The van der Waals surface area contributed by atoms with Crippen molar-refractivity contribution in [2.45, 2.75) is 39.2 Å². The van der Waals surface area contributed by atoms with Crippen LogP contribution in [0.15, 0.2) is 6.20 Å². The van der Waals surface area contributed by atoms with Crippen LogP contribution in [0.2, 0.25) is 0 Å². The number of nitrogens with zero attached hydrogens (tertiary/aromatic N) is 3. The average Bonchev–Trinajstić information content (AvgIpc) is 2.51. The molecular formula is C10H18N4. The first-order valence-electron chi connectivity index (χ1n) is 5.39. The maximum absolute atomic E-state index is 5.52. The van der Waals surface area contributed by atoms with Gasteiger partial charge in [0.2, 0.25) is 0 Å². The molecule has 1 aliphatic rings. The Bertz CT molecular complexity index is 294. The third kappa shape index (κ3) is 2.25. The Balaban J connectivity index is 1.90. The monoisotopic (exact) mass is 194 g/mol. The molecule has 4 heteroatoms. The fraction of sp³-hybridized carbons (Fsp3) is 0.800. The summed E-state index contributed by atoms with van der Waals surface area (Å²) < 4.78 is 1.87. The van der Waals surface area contributed by atoms with Crippen LogP contribution in [-0.4, -0.2) is 15.0 Å². The van der Waals surface area contributed by atoms with Crippen LogP contribution >= 0.6 is 0 Å². The number of nitrogen functional groups attached to an aromatic ring is 1. The van der Waals surface area contributed by atoms with Crippen molar-refractivity contribution in [3.05, 3.63) is 6.20 Å². The quantitative estimate of drug-likeness (QED) is 0.779. The Morgan fingerprint density at radius 3 is 3.07 bits per heavy atom. The second kappa shape index (κ2) is 3.98. The van der Waals surface area contributed by atoms with Crippen LogP contribution in [0.3, 0.4) is 0 Å². The average molecular weight is 194 g/mol. The van der Waals surface area contributed by atoms with E-state index in [1.54, 1.807) is 0 Å². The van der Waals surface area contributed by atoms with E-state index in [9.17, 15) is 0 Å². The van der Waals surface area contributed by atoms with Gasteiger partial charge in [-0.25, -0.2) is 0 Å². The summed E-state index contributed by atoms with van der Waals surface area (Å²) in [5.74, 6) is 2.16. The Morgan fingerprint density at radius 1 is 1.57 bits per heavy atom. The lowest BCUT2D eigenvalue weighted by molar-refractivity contribution is 0.248. The third-order valence-corrected chi connectivity index (χ3v) is 3.05. The molecular weight excluding hydrogens is 176 g/mol. The van der Waals surface area contributed by atoms with Gasteiger partial charge in [-0.3, -0.25) is 4.68 Å². The van der Waals surface area contributed by atoms with Crippen LogP contribution in [0, 0.1) is 11.8 Å². The second-order valence-electron chi connectivity index (χ2n) is 4.50. The molecule has 4 nitrogen and oxygen atoms in total. The first kappa shape index (κ1) is 9.49. The standard InChI is InChI=1S/C10H18N4/c1-8-3-2-4-9(5-8)6-14-7-10(11)12-13-14/h7-9H,2-6,11H2,1H3. The topological polar surface area (TPSA) is 56.7 Å². The van der Waals surface area contributed by atoms with E-state index in [-0.39, 0.29) is 0 Å². The molecule has 78 valence electrons. The molecule has 2 unspecified atom stereocenters. The van der Waals surface area contributed by atoms with Gasteiger partial charge in [-0.2, -0.15) is 0 Å². The van der Waals surface area contributed by atoms with Crippen molar-refractivity contribution in [3.63, 3.8) is 0 Å². The van der Waals surface area contributed by atoms with Crippen LogP contribution in [0.5, 0.6) is 0 Å². The SMILES string of the molecule is CC1CCCC(Cn2cc(N)nn2)C1. The molecule has 0 aromatic carbocycles. The normalized spacial score (nSPS) is 27.8. The predicted molar refractivity (Wildman–Crippen MR) is 55.6 cm³/mol. The van der Waals surface area contributed by atoms with E-state index in [0.29, 0.717) is 5.82 Å². The molecule has 0 radical (unpaired) electrons. The molecule has 2 N–H and O–H groups in total. The highest BCUT2D eigenvalue weighted by atomic mass is 15.4. The molecule has 1 aromatic heterocycles. The zero-order chi connectivity index (χ0) is 9.97. The number of anilines is 1. The fourth-order valence-corrected chi connectivity index (χ4v) is 2.39. The van der Waals surface area contributed by atoms with Gasteiger partial charge >= 0.3 is 0 Å². The Hall–Kier alpha value is -1.06. The minimum atomic E-state index is 0.522. The number of nitrogens with two attached hydrogens (primary N) is 1. The van der Waals surface area contributed by atoms with E-state index in [0.717, 1.165) is 18.4 Å². The van der Waals surface area contributed by atoms with E-state index in [4.69, 9.17) is 5.73 Å². The second-order valence-corrected chi connectivity index (χ2v) is 4.50. The summed E-state index contributed by atoms with van der Waals surface area (Å²) in [5, 5.41) is 7.77. The molecule has 0 amide bonds. The molecule has 0 bridgehead atoms. The van der Waals surface area contributed by atoms with E-state index in [2.05, 4.69) is 17.2 Å². The lowest BCUT2D eigenvalue weighted by atomic mass is 9.82. The lowest BCUT2D eigenvalue weighted by Crippen LogP contribution is -2.18. The Labute approximate surface area is 84.5 Å². The van der Waals surface area contributed by atoms with Gasteiger partial charge in [0.15, 0.2) is 5.82 Å². The molecule has 2 atom stereocenters. The van der Waals surface area contributed by atoms with Crippen molar-refractivity contribution >= 4 is 5.82 Å². The van der Waals surface area contributed by atoms with Crippen LogP contribution in [-0.2, 0) is 6.54 Å². The van der Waals surface area contributed by atoms with Crippen LogP contribution in [0.25, 0.3) is 0 Å². The highest BCUT2D eigenvalue weighted by Crippen LogP contribution is 2.29. The van der Waals surface area contributed by atoms with Crippen molar-refractivity contribution in [1.82, 2.24) is 15.0 Å². The molecule has 2 rings (SSSR count). The van der Waals surface area contributed by atoms with E-state index < -0.39 is 0 Å². The maximum atomic E-state index is 5.52. The van der Waals surface area contributed by atoms with Crippen molar-refractivity contribution in [3.8, 4) is 0 Å². The van der Waals surface area contributed by atoms with Gasteiger partial charge in [-0.05, 0) is 24.7 Å². The van der Waals surface area contributed by atoms with Crippen LogP contribution < -0.4 is 5.73 Å². The zero-order valence-electron chi connectivity index (χ0n) is 8.69. The van der Waals surface area contributed by atoms with Crippen molar-refractivity contribution in [2.24, 2.45) is 11.8 Å². The number of hydrogen-bond donors (Lipinski definition) is 1. The van der Waals surface area contributed by atoms with Crippen LogP contribution in [0.4, 0.5) is 5.82 Å². The van der Waals surface area contributed by atoms with Gasteiger partial charge in [0.05, 0.1) is 6.20 Å². The number of hydrogen-bond acceptors (Lipinski definition) is 3. The smallest absolute Gasteiger partial charge is 0.165 e. The first-order chi connectivity index (χ1) is 6.74. The van der Waals surface area contributed by atoms with E-state index in [1.807, 2.05) is 10.9 Å². The highest BCUT2D eigenvalue weighted by Gasteiger charge is 2.19. The summed E-state index contributed by atoms with van der Waals surface area (Å²) in [6.07, 6.45) is 7.20. The van der Waals surface area contributed by atoms with Crippen molar-refractivity contribution in [1.29, 1.82) is 0 Å². The Morgan fingerprint density at radius 2 is 2.43 bits per heavy atom. The largest absolute Gasteiger partial charge is 0.381 e. The summed E-state index contributed by atoms with van der Waals surface area (Å²) in [4.78, 5) is 0. The van der Waals surface area contributed by atoms with Crippen LogP contribution in [0.1, 0.15) is 32.6 Å². The first-order valence-corrected chi connectivity index (χ1v) is 5.39. The minimum absolute atomic E-state index is 0.522. The summed E-state index contributed by atoms with van der Waals surface area (Å²) in [5.41, 5.74) is 5.52. The van der Waals surface area contributed by atoms with Gasteiger partial charge in [0.25, 0.3) is 0 Å². The molecule has 1 aliphatic carbocycles. The molecule has 0 saturated heterocycles. The van der Waals surface area contributed by atoms with Gasteiger partial charge in [0.1, 0.15) is 0 Å². The summed E-state index contributed by atoms with van der Waals surface area (Å²) >= 11 is 0. The molecule has 14 heavy (non-hydrogen) atoms. The number of aromatic nitrogens is 3. The summed E-state index contributed by atoms with van der Waals surface area (Å²) in [6, 6.07) is 0. The molecule has 1 saturated carbocycles. The fourth-order valence-electron chi connectivity index (χ4n) is 2.39. The van der Waals surface area contributed by atoms with Crippen molar-refractivity contribution < 1.29 is 0 Å². The third-order valence-electron chi connectivity index (χ3n) is 3.05.